The Bertz CT molecular complexity index is 4150. The zero-order valence-electron chi connectivity index (χ0n) is 66.0. The minimum Gasteiger partial charge on any atom is -0.507 e. The molecule has 0 bridgehead atoms. The molecule has 0 saturated heterocycles. The number of phenolic OH excluding ortho intramolecular Hbond substituents is 1. The minimum absolute atomic E-state index is 0. The first-order valence-electron chi connectivity index (χ1n) is 35.2. The van der Waals surface area contributed by atoms with Gasteiger partial charge in [-0.1, -0.05) is 199 Å². The number of nitrogens with zero attached hydrogens (tertiary/aromatic N) is 3. The average Bonchev–Trinajstić information content (AvgIpc) is 1.12. The first-order chi connectivity index (χ1) is 42.4. The zero-order chi connectivity index (χ0) is 71.2. The van der Waals surface area contributed by atoms with Crippen LogP contribution in [0.15, 0.2) is 127 Å². The van der Waals surface area contributed by atoms with Crippen LogP contribution in [-0.2, 0) is 49.1 Å². The summed E-state index contributed by atoms with van der Waals surface area (Å²) < 4.78 is 232. The molecule has 0 atom stereocenters. The van der Waals surface area contributed by atoms with Crippen molar-refractivity contribution >= 4 is 11.0 Å². The number of fused-ring (bicyclic) bond motifs is 1. The SMILES string of the molecule is [2H]c1cc(C([2H])([2H])C(C)(C)C)cc([2H])c1-c1c(C([2H])([2H])[2H])cnc(-c2[c-]c(-c3cccc4c3nc(-c3cc(C(C([2H])([2H])[2H])(C([2H])([2H])[2H])C([2H])([2H])[2H])cc(C(C([2H])([2H])[2H])(C([2H])([2H])[2H])C([2H])([2H])[2H])c3O)n4-c3ccc(C(C)(C)C)cc3-c3ccccc3)cc(C(C)(C)C)c2)c1[2H].[Pt]. The molecule has 0 aliphatic heterocycles. The quantitative estimate of drug-likeness (QED) is 0.162. The summed E-state index contributed by atoms with van der Waals surface area (Å²) in [6, 6.07) is 27.4. The molecule has 0 saturated carbocycles. The van der Waals surface area contributed by atoms with Gasteiger partial charge in [0.1, 0.15) is 11.6 Å². The van der Waals surface area contributed by atoms with E-state index in [1.807, 2.05) is 47.6 Å². The molecular formula is C64H72N3OPt-. The number of hydrogen-bond donors (Lipinski definition) is 1. The summed E-state index contributed by atoms with van der Waals surface area (Å²) in [5.41, 5.74) is -12.7. The van der Waals surface area contributed by atoms with Crippen LogP contribution < -0.4 is 0 Å². The van der Waals surface area contributed by atoms with E-state index in [9.17, 15) is 9.22 Å². The normalized spacial score (nSPS) is 19.7. The summed E-state index contributed by atoms with van der Waals surface area (Å²) in [6.45, 7) is -11.6. The Kier molecular flexibility index (Phi) is 7.33. The van der Waals surface area contributed by atoms with Gasteiger partial charge in [0.05, 0.1) is 26.4 Å². The van der Waals surface area contributed by atoms with E-state index in [2.05, 4.69) is 11.1 Å². The second-order valence-corrected chi connectivity index (χ2v) is 20.5. The van der Waals surface area contributed by atoms with Gasteiger partial charge in [0, 0.05) is 75.6 Å². The first-order valence-corrected chi connectivity index (χ1v) is 22.2. The third kappa shape index (κ3) is 10.8. The Morgan fingerprint density at radius 1 is 0.638 bits per heavy atom. The topological polar surface area (TPSA) is 50.9 Å². The Balaban J connectivity index is 0.0000128. The van der Waals surface area contributed by atoms with E-state index >= 15 is 0 Å². The molecule has 0 aliphatic rings. The largest absolute Gasteiger partial charge is 0.507 e. The fraction of sp³-hybridized carbons (Fsp3) is 0.344. The molecule has 2 aromatic heterocycles. The second-order valence-electron chi connectivity index (χ2n) is 20.5. The van der Waals surface area contributed by atoms with Crippen LogP contribution in [0.2, 0.25) is 0 Å². The molecule has 8 aromatic rings. The molecule has 5 heteroatoms. The monoisotopic (exact) mass is 1120 g/mol. The van der Waals surface area contributed by atoms with Gasteiger partial charge in [0.2, 0.25) is 0 Å². The van der Waals surface area contributed by atoms with Crippen molar-refractivity contribution in [3.05, 3.63) is 167 Å². The Labute approximate surface area is 464 Å². The molecule has 1 N–H and O–H groups in total. The van der Waals surface area contributed by atoms with E-state index in [1.165, 1.54) is 16.7 Å². The molecule has 0 amide bonds. The molecule has 360 valence electrons. The maximum Gasteiger partial charge on any atom is 0.148 e. The number of aromatic nitrogens is 3. The van der Waals surface area contributed by atoms with Crippen molar-refractivity contribution in [2.75, 3.05) is 0 Å². The Hall–Kier alpha value is -5.57. The van der Waals surface area contributed by atoms with Gasteiger partial charge in [-0.25, -0.2) is 4.98 Å². The smallest absolute Gasteiger partial charge is 0.148 e. The van der Waals surface area contributed by atoms with E-state index in [0.29, 0.717) is 22.8 Å². The molecule has 0 aliphatic carbocycles. The molecule has 0 spiro atoms. The maximum absolute atomic E-state index is 13.2. The fourth-order valence-corrected chi connectivity index (χ4v) is 8.15. The summed E-state index contributed by atoms with van der Waals surface area (Å²) >= 11 is 0. The average molecular weight is 1120 g/mol. The Morgan fingerprint density at radius 2 is 1.29 bits per heavy atom. The van der Waals surface area contributed by atoms with Crippen LogP contribution in [-0.4, -0.2) is 19.6 Å². The molecule has 2 heterocycles. The van der Waals surface area contributed by atoms with Gasteiger partial charge in [-0.2, -0.15) is 0 Å². The predicted octanol–water partition coefficient (Wildman–Crippen LogP) is 17.3. The van der Waals surface area contributed by atoms with E-state index in [4.69, 9.17) is 36.5 Å². The molecular weight excluding hydrogens is 1020 g/mol. The summed E-state index contributed by atoms with van der Waals surface area (Å²) in [4.78, 5) is 9.69. The molecule has 4 nitrogen and oxygen atoms in total. The number of aryl methyl sites for hydroxylation is 1. The van der Waals surface area contributed by atoms with Crippen LogP contribution in [0.1, 0.15) is 172 Å². The van der Waals surface area contributed by atoms with Crippen molar-refractivity contribution in [3.8, 4) is 67.5 Å². The van der Waals surface area contributed by atoms with Crippen molar-refractivity contribution in [1.29, 1.82) is 0 Å². The molecule has 69 heavy (non-hydrogen) atoms. The van der Waals surface area contributed by atoms with Crippen molar-refractivity contribution in [3.63, 3.8) is 0 Å². The first kappa shape index (κ1) is 27.1. The van der Waals surface area contributed by atoms with Crippen LogP contribution in [0.4, 0.5) is 0 Å². The van der Waals surface area contributed by atoms with Crippen molar-refractivity contribution in [2.24, 2.45) is 5.41 Å². The van der Waals surface area contributed by atoms with E-state index < -0.39 is 133 Å². The van der Waals surface area contributed by atoms with Crippen molar-refractivity contribution < 1.29 is 61.8 Å². The predicted molar refractivity (Wildman–Crippen MR) is 289 cm³/mol. The van der Waals surface area contributed by atoms with E-state index in [0.717, 1.165) is 11.8 Å². The van der Waals surface area contributed by atoms with Crippen LogP contribution in [0.3, 0.4) is 0 Å². The summed E-state index contributed by atoms with van der Waals surface area (Å²) in [5, 5.41) is 13.2. The minimum atomic E-state index is -4.24. The number of hydrogen-bond acceptors (Lipinski definition) is 3. The number of benzene rings is 6. The van der Waals surface area contributed by atoms with E-state index in [-0.39, 0.29) is 82.9 Å². The molecule has 8 rings (SSSR count). The number of phenols is 1. The third-order valence-electron chi connectivity index (χ3n) is 11.7. The summed E-state index contributed by atoms with van der Waals surface area (Å²) in [5.74, 6) is -2.02. The van der Waals surface area contributed by atoms with Gasteiger partial charge in [-0.3, -0.25) is 9.55 Å². The van der Waals surface area contributed by atoms with Crippen LogP contribution >= 0.6 is 0 Å². The van der Waals surface area contributed by atoms with Gasteiger partial charge in [-0.15, -0.1) is 29.3 Å². The molecule has 0 radical (unpaired) electrons. The second kappa shape index (κ2) is 18.6. The maximum atomic E-state index is 13.2. The summed E-state index contributed by atoms with van der Waals surface area (Å²) in [7, 11) is 0. The molecule has 0 unspecified atom stereocenters. The van der Waals surface area contributed by atoms with Crippen LogP contribution in [0.25, 0.3) is 72.7 Å². The number of para-hydroxylation sites is 1. The number of pyridine rings is 1. The van der Waals surface area contributed by atoms with Crippen molar-refractivity contribution in [2.45, 2.75) is 138 Å². The standard InChI is InChI=1S/C64H72N3O.Pt/c1-40-39-65-54(37-50(40)43-27-25-41(26-28-43)38-60(2,3)4)45-31-44(32-47(33-45)62(8,9)10)49-23-20-24-56-57(49)66-59(52-35-48(63(11,12)13)36-53(58(52)68)64(14,15)16)67(56)55-30-29-46(61(5,6)7)34-51(55)42-21-18-17-19-22-42;/h17-30,32-37,39,68H,38H2,1-16H3;/q-1;/i1D3,11D3,12D3,13D3,14D3,15D3,16D3,27D,28D,37D,38D2;. The van der Waals surface area contributed by atoms with Gasteiger partial charge < -0.3 is 5.11 Å². The van der Waals surface area contributed by atoms with Crippen molar-refractivity contribution in [1.82, 2.24) is 14.5 Å². The fourth-order valence-electron chi connectivity index (χ4n) is 8.15. The number of imidazole rings is 1. The third-order valence-corrected chi connectivity index (χ3v) is 11.7. The molecule has 0 fully saturated rings. The number of aromatic hydroxyl groups is 1. The van der Waals surface area contributed by atoms with Crippen LogP contribution in [0.5, 0.6) is 5.75 Å². The number of rotatable bonds is 7. The molecule has 6 aromatic carbocycles. The van der Waals surface area contributed by atoms with Gasteiger partial charge in [0.15, 0.2) is 0 Å². The van der Waals surface area contributed by atoms with Crippen LogP contribution in [0, 0.1) is 18.3 Å². The van der Waals surface area contributed by atoms with Gasteiger partial charge in [0.25, 0.3) is 0 Å². The van der Waals surface area contributed by atoms with Gasteiger partial charge in [-0.05, 0) is 104 Å². The zero-order valence-corrected chi connectivity index (χ0v) is 42.3. The van der Waals surface area contributed by atoms with Gasteiger partial charge >= 0.3 is 0 Å². The summed E-state index contributed by atoms with van der Waals surface area (Å²) in [6.07, 6.45) is -1.05. The Morgan fingerprint density at radius 3 is 1.93 bits per heavy atom. The van der Waals surface area contributed by atoms with E-state index in [1.54, 1.807) is 93.6 Å².